The number of nitrogens with zero attached hydrogens (tertiary/aromatic N) is 1. The van der Waals surface area contributed by atoms with Crippen LogP contribution >= 0.6 is 11.3 Å². The summed E-state index contributed by atoms with van der Waals surface area (Å²) in [6.45, 7) is 2.03. The van der Waals surface area contributed by atoms with Crippen LogP contribution in [0.2, 0.25) is 0 Å². The Kier molecular flexibility index (Phi) is 2.55. The average molecular weight is 223 g/mol. The van der Waals surface area contributed by atoms with Gasteiger partial charge in [0.1, 0.15) is 0 Å². The molecule has 2 heterocycles. The lowest BCUT2D eigenvalue weighted by Gasteiger charge is -1.88. The van der Waals surface area contributed by atoms with Crippen LogP contribution in [-0.4, -0.2) is 16.2 Å². The molecule has 0 unspecified atom stereocenters. The van der Waals surface area contributed by atoms with Crippen molar-refractivity contribution in [3.8, 4) is 0 Å². The second-order valence-electron chi connectivity index (χ2n) is 3.18. The Hall–Kier alpha value is -1.62. The first-order chi connectivity index (χ1) is 7.15. The van der Waals surface area contributed by atoms with E-state index < -0.39 is 5.97 Å². The number of carboxylic acid groups (broad SMARTS) is 1. The smallest absolute Gasteiger partial charge is 0.374 e. The minimum atomic E-state index is -1.09. The molecule has 0 saturated heterocycles. The van der Waals surface area contributed by atoms with Crippen LogP contribution in [0.3, 0.4) is 0 Å². The highest BCUT2D eigenvalue weighted by molar-refractivity contribution is 7.11. The number of aryl methyl sites for hydroxylation is 1. The summed E-state index contributed by atoms with van der Waals surface area (Å²) in [5, 5.41) is 12.3. The molecule has 1 N–H and O–H groups in total. The maximum Gasteiger partial charge on any atom is 0.374 e. The summed E-state index contributed by atoms with van der Waals surface area (Å²) < 4.78 is 4.66. The quantitative estimate of drug-likeness (QED) is 0.867. The largest absolute Gasteiger partial charge is 0.475 e. The molecule has 0 aliphatic heterocycles. The Morgan fingerprint density at radius 3 is 2.93 bits per heavy atom. The van der Waals surface area contributed by atoms with Crippen molar-refractivity contribution in [1.82, 2.24) is 5.16 Å². The molecule has 0 amide bonds. The van der Waals surface area contributed by atoms with Gasteiger partial charge < -0.3 is 9.63 Å². The summed E-state index contributed by atoms with van der Waals surface area (Å²) in [6.07, 6.45) is 0.620. The van der Waals surface area contributed by atoms with Gasteiger partial charge in [-0.05, 0) is 19.1 Å². The van der Waals surface area contributed by atoms with Gasteiger partial charge in [0.2, 0.25) is 5.76 Å². The molecule has 0 aliphatic carbocycles. The van der Waals surface area contributed by atoms with E-state index in [9.17, 15) is 4.79 Å². The van der Waals surface area contributed by atoms with Crippen LogP contribution in [0.5, 0.6) is 0 Å². The SMILES string of the molecule is Cc1ccc(Cc2cc(C(=O)O)on2)s1. The van der Waals surface area contributed by atoms with E-state index in [2.05, 4.69) is 9.68 Å². The molecule has 5 heteroatoms. The molecule has 0 bridgehead atoms. The standard InChI is InChI=1S/C10H9NO3S/c1-6-2-3-8(15-6)4-7-5-9(10(12)13)14-11-7/h2-3,5H,4H2,1H3,(H,12,13). The van der Waals surface area contributed by atoms with E-state index in [4.69, 9.17) is 5.11 Å². The number of hydrogen-bond donors (Lipinski definition) is 1. The second-order valence-corrected chi connectivity index (χ2v) is 4.55. The first kappa shape index (κ1) is 9.92. The zero-order valence-corrected chi connectivity index (χ0v) is 8.87. The van der Waals surface area contributed by atoms with Crippen molar-refractivity contribution in [2.24, 2.45) is 0 Å². The Bertz CT molecular complexity index is 486. The van der Waals surface area contributed by atoms with E-state index in [1.807, 2.05) is 19.1 Å². The summed E-state index contributed by atoms with van der Waals surface area (Å²) in [5.41, 5.74) is 0.647. The number of thiophene rings is 1. The number of carboxylic acids is 1. The fourth-order valence-electron chi connectivity index (χ4n) is 1.25. The predicted octanol–water partition coefficient (Wildman–Crippen LogP) is 2.33. The van der Waals surface area contributed by atoms with Gasteiger partial charge in [0.15, 0.2) is 0 Å². The third kappa shape index (κ3) is 2.24. The van der Waals surface area contributed by atoms with Crippen LogP contribution in [0.4, 0.5) is 0 Å². The van der Waals surface area contributed by atoms with Crippen LogP contribution in [-0.2, 0) is 6.42 Å². The molecule has 78 valence electrons. The van der Waals surface area contributed by atoms with Crippen LogP contribution in [0.25, 0.3) is 0 Å². The van der Waals surface area contributed by atoms with Crippen molar-refractivity contribution in [1.29, 1.82) is 0 Å². The van der Waals surface area contributed by atoms with Crippen LogP contribution in [0, 0.1) is 6.92 Å². The van der Waals surface area contributed by atoms with Crippen molar-refractivity contribution < 1.29 is 14.4 Å². The van der Waals surface area contributed by atoms with Crippen LogP contribution in [0.1, 0.15) is 26.0 Å². The van der Waals surface area contributed by atoms with Crippen LogP contribution in [0.15, 0.2) is 22.7 Å². The first-order valence-electron chi connectivity index (χ1n) is 4.39. The molecule has 0 radical (unpaired) electrons. The fraction of sp³-hybridized carbons (Fsp3) is 0.200. The van der Waals surface area contributed by atoms with Crippen molar-refractivity contribution >= 4 is 17.3 Å². The average Bonchev–Trinajstić information content (AvgIpc) is 2.76. The third-order valence-electron chi connectivity index (χ3n) is 1.92. The molecule has 0 spiro atoms. The van der Waals surface area contributed by atoms with Crippen LogP contribution < -0.4 is 0 Å². The van der Waals surface area contributed by atoms with E-state index in [0.29, 0.717) is 12.1 Å². The highest BCUT2D eigenvalue weighted by Gasteiger charge is 2.11. The van der Waals surface area contributed by atoms with Crippen molar-refractivity contribution in [2.75, 3.05) is 0 Å². The molecule has 2 rings (SSSR count). The molecular weight excluding hydrogens is 214 g/mol. The van der Waals surface area contributed by atoms with E-state index in [1.54, 1.807) is 11.3 Å². The normalized spacial score (nSPS) is 10.5. The highest BCUT2D eigenvalue weighted by Crippen LogP contribution is 2.18. The lowest BCUT2D eigenvalue weighted by Crippen LogP contribution is -1.91. The van der Waals surface area contributed by atoms with Crippen molar-refractivity contribution in [2.45, 2.75) is 13.3 Å². The van der Waals surface area contributed by atoms with Gasteiger partial charge >= 0.3 is 5.97 Å². The summed E-state index contributed by atoms with van der Waals surface area (Å²) in [4.78, 5) is 12.9. The van der Waals surface area contributed by atoms with Gasteiger partial charge in [-0.3, -0.25) is 0 Å². The van der Waals surface area contributed by atoms with Gasteiger partial charge in [0.05, 0.1) is 5.69 Å². The minimum Gasteiger partial charge on any atom is -0.475 e. The lowest BCUT2D eigenvalue weighted by molar-refractivity contribution is 0.0652. The topological polar surface area (TPSA) is 63.3 Å². The minimum absolute atomic E-state index is 0.113. The second kappa shape index (κ2) is 3.86. The zero-order chi connectivity index (χ0) is 10.8. The molecular formula is C10H9NO3S. The maximum absolute atomic E-state index is 10.5. The molecule has 15 heavy (non-hydrogen) atoms. The fourth-order valence-corrected chi connectivity index (χ4v) is 2.16. The highest BCUT2D eigenvalue weighted by atomic mass is 32.1. The van der Waals surface area contributed by atoms with Gasteiger partial charge in [0, 0.05) is 22.2 Å². The van der Waals surface area contributed by atoms with Crippen molar-refractivity contribution in [3.05, 3.63) is 39.4 Å². The van der Waals surface area contributed by atoms with E-state index in [1.165, 1.54) is 10.9 Å². The Morgan fingerprint density at radius 1 is 1.60 bits per heavy atom. The molecule has 4 nitrogen and oxygen atoms in total. The molecule has 0 saturated carbocycles. The van der Waals surface area contributed by atoms with E-state index in [0.717, 1.165) is 4.88 Å². The van der Waals surface area contributed by atoms with Gasteiger partial charge in [-0.25, -0.2) is 4.79 Å². The maximum atomic E-state index is 10.5. The summed E-state index contributed by atoms with van der Waals surface area (Å²) in [6, 6.07) is 5.49. The molecule has 0 fully saturated rings. The van der Waals surface area contributed by atoms with Crippen molar-refractivity contribution in [3.63, 3.8) is 0 Å². The summed E-state index contributed by atoms with van der Waals surface area (Å²) in [5.74, 6) is -1.20. The summed E-state index contributed by atoms with van der Waals surface area (Å²) in [7, 11) is 0. The molecule has 2 aromatic rings. The molecule has 0 aromatic carbocycles. The molecule has 2 aromatic heterocycles. The molecule has 0 aliphatic rings. The van der Waals surface area contributed by atoms with Gasteiger partial charge in [-0.1, -0.05) is 5.16 Å². The zero-order valence-electron chi connectivity index (χ0n) is 8.06. The monoisotopic (exact) mass is 223 g/mol. The van der Waals surface area contributed by atoms with Gasteiger partial charge in [0.25, 0.3) is 0 Å². The van der Waals surface area contributed by atoms with Gasteiger partial charge in [-0.15, -0.1) is 11.3 Å². The number of hydrogen-bond acceptors (Lipinski definition) is 4. The summed E-state index contributed by atoms with van der Waals surface area (Å²) >= 11 is 1.67. The number of aromatic nitrogens is 1. The number of aromatic carboxylic acids is 1. The Labute approximate surface area is 90.1 Å². The third-order valence-corrected chi connectivity index (χ3v) is 2.92. The molecule has 0 atom stereocenters. The first-order valence-corrected chi connectivity index (χ1v) is 5.21. The van der Waals surface area contributed by atoms with E-state index in [-0.39, 0.29) is 5.76 Å². The number of rotatable bonds is 3. The predicted molar refractivity (Wildman–Crippen MR) is 55.3 cm³/mol. The van der Waals surface area contributed by atoms with E-state index >= 15 is 0 Å². The Balaban J connectivity index is 2.14. The number of carbonyl (C=O) groups is 1. The Morgan fingerprint density at radius 2 is 2.40 bits per heavy atom. The lowest BCUT2D eigenvalue weighted by atomic mass is 10.2. The van der Waals surface area contributed by atoms with Gasteiger partial charge in [-0.2, -0.15) is 0 Å².